The summed E-state index contributed by atoms with van der Waals surface area (Å²) < 4.78 is 5.31. The van der Waals surface area contributed by atoms with Crippen LogP contribution < -0.4 is 5.32 Å². The zero-order valence-corrected chi connectivity index (χ0v) is 17.6. The summed E-state index contributed by atoms with van der Waals surface area (Å²) in [4.78, 5) is 27.7. The number of carbonyl (C=O) groups is 2. The second kappa shape index (κ2) is 10.6. The maximum absolute atomic E-state index is 13.2. The molecule has 2 amide bonds. The van der Waals surface area contributed by atoms with Gasteiger partial charge in [-0.1, -0.05) is 61.0 Å². The van der Waals surface area contributed by atoms with E-state index in [0.29, 0.717) is 30.2 Å². The smallest absolute Gasteiger partial charge is 0.243 e. The third kappa shape index (κ3) is 5.97. The van der Waals surface area contributed by atoms with Crippen LogP contribution in [0.15, 0.2) is 77.4 Å². The number of carbonyl (C=O) groups excluding carboxylic acids is 2. The molecule has 2 aromatic carbocycles. The van der Waals surface area contributed by atoms with E-state index in [1.54, 1.807) is 42.4 Å². The maximum Gasteiger partial charge on any atom is 0.243 e. The summed E-state index contributed by atoms with van der Waals surface area (Å²) >= 11 is 5.99. The standard InChI is InChI=1S/C24H25ClN2O3/c1-2-23(28)27(17-19-10-12-20(25)13-11-19)22(15-18-7-4-3-5-8-18)24(29)26-16-21-9-6-14-30-21/h3-14,22H,2,15-17H2,1H3,(H,26,29)/t22-/m0/s1. The quantitative estimate of drug-likeness (QED) is 0.546. The molecular formula is C24H25ClN2O3. The number of benzene rings is 2. The van der Waals surface area contributed by atoms with Gasteiger partial charge in [-0.15, -0.1) is 0 Å². The van der Waals surface area contributed by atoms with Crippen LogP contribution in [0.4, 0.5) is 0 Å². The van der Waals surface area contributed by atoms with Crippen molar-refractivity contribution in [2.45, 2.75) is 38.9 Å². The van der Waals surface area contributed by atoms with Gasteiger partial charge in [-0.3, -0.25) is 9.59 Å². The summed E-state index contributed by atoms with van der Waals surface area (Å²) in [7, 11) is 0. The first-order chi connectivity index (χ1) is 14.6. The molecule has 3 aromatic rings. The van der Waals surface area contributed by atoms with Crippen LogP contribution >= 0.6 is 11.6 Å². The van der Waals surface area contributed by atoms with E-state index >= 15 is 0 Å². The molecule has 156 valence electrons. The second-order valence-corrected chi connectivity index (χ2v) is 7.44. The molecule has 5 nitrogen and oxygen atoms in total. The average Bonchev–Trinajstić information content (AvgIpc) is 3.29. The van der Waals surface area contributed by atoms with Crippen molar-refractivity contribution >= 4 is 23.4 Å². The monoisotopic (exact) mass is 424 g/mol. The van der Waals surface area contributed by atoms with Gasteiger partial charge in [0, 0.05) is 24.4 Å². The highest BCUT2D eigenvalue weighted by atomic mass is 35.5. The highest BCUT2D eigenvalue weighted by molar-refractivity contribution is 6.30. The van der Waals surface area contributed by atoms with Gasteiger partial charge in [-0.05, 0) is 35.4 Å². The van der Waals surface area contributed by atoms with Crippen molar-refractivity contribution in [2.75, 3.05) is 0 Å². The van der Waals surface area contributed by atoms with Gasteiger partial charge in [-0.25, -0.2) is 0 Å². The molecule has 6 heteroatoms. The van der Waals surface area contributed by atoms with Gasteiger partial charge >= 0.3 is 0 Å². The minimum Gasteiger partial charge on any atom is -0.467 e. The number of nitrogens with one attached hydrogen (secondary N) is 1. The van der Waals surface area contributed by atoms with Crippen LogP contribution in [-0.2, 0) is 29.1 Å². The molecule has 1 aromatic heterocycles. The van der Waals surface area contributed by atoms with E-state index < -0.39 is 6.04 Å². The van der Waals surface area contributed by atoms with Crippen LogP contribution in [-0.4, -0.2) is 22.8 Å². The van der Waals surface area contributed by atoms with Crippen LogP contribution in [0.1, 0.15) is 30.2 Å². The summed E-state index contributed by atoms with van der Waals surface area (Å²) in [6, 6.07) is 20.0. The third-order valence-electron chi connectivity index (χ3n) is 4.86. The minimum atomic E-state index is -0.648. The molecule has 0 fully saturated rings. The molecule has 1 N–H and O–H groups in total. The van der Waals surface area contributed by atoms with E-state index in [9.17, 15) is 9.59 Å². The fraction of sp³-hybridized carbons (Fsp3) is 0.250. The van der Waals surface area contributed by atoms with Crippen LogP contribution in [0.25, 0.3) is 0 Å². The number of hydrogen-bond donors (Lipinski definition) is 1. The average molecular weight is 425 g/mol. The largest absolute Gasteiger partial charge is 0.467 e. The summed E-state index contributed by atoms with van der Waals surface area (Å²) in [5.74, 6) is 0.359. The summed E-state index contributed by atoms with van der Waals surface area (Å²) in [5.41, 5.74) is 1.90. The Morgan fingerprint density at radius 3 is 2.37 bits per heavy atom. The molecule has 0 bridgehead atoms. The van der Waals surface area contributed by atoms with Crippen molar-refractivity contribution in [3.05, 3.63) is 94.9 Å². The molecule has 3 rings (SSSR count). The fourth-order valence-corrected chi connectivity index (χ4v) is 3.37. The minimum absolute atomic E-state index is 0.0842. The Bertz CT molecular complexity index is 940. The lowest BCUT2D eigenvalue weighted by atomic mass is 10.0. The lowest BCUT2D eigenvalue weighted by molar-refractivity contribution is -0.141. The lowest BCUT2D eigenvalue weighted by Gasteiger charge is -2.31. The van der Waals surface area contributed by atoms with Crippen LogP contribution in [0.2, 0.25) is 5.02 Å². The van der Waals surface area contributed by atoms with Gasteiger partial charge in [0.1, 0.15) is 11.8 Å². The van der Waals surface area contributed by atoms with Crippen molar-refractivity contribution < 1.29 is 14.0 Å². The van der Waals surface area contributed by atoms with Crippen LogP contribution in [0.3, 0.4) is 0 Å². The number of halogens is 1. The number of rotatable bonds is 9. The molecule has 0 aliphatic rings. The Hall–Kier alpha value is -3.05. The molecule has 0 radical (unpaired) electrons. The number of nitrogens with zero attached hydrogens (tertiary/aromatic N) is 1. The molecule has 0 saturated carbocycles. The third-order valence-corrected chi connectivity index (χ3v) is 5.11. The second-order valence-electron chi connectivity index (χ2n) is 7.00. The Kier molecular flexibility index (Phi) is 7.69. The maximum atomic E-state index is 13.2. The zero-order valence-electron chi connectivity index (χ0n) is 16.9. The summed E-state index contributed by atoms with van der Waals surface area (Å²) in [5, 5.41) is 3.54. The first kappa shape index (κ1) is 21.7. The number of furan rings is 1. The number of hydrogen-bond acceptors (Lipinski definition) is 3. The first-order valence-electron chi connectivity index (χ1n) is 9.94. The van der Waals surface area contributed by atoms with Crippen LogP contribution in [0.5, 0.6) is 0 Å². The van der Waals surface area contributed by atoms with E-state index in [-0.39, 0.29) is 18.4 Å². The van der Waals surface area contributed by atoms with Crippen molar-refractivity contribution in [1.29, 1.82) is 0 Å². The van der Waals surface area contributed by atoms with E-state index in [1.165, 1.54) is 0 Å². The highest BCUT2D eigenvalue weighted by Crippen LogP contribution is 2.17. The molecule has 1 heterocycles. The fourth-order valence-electron chi connectivity index (χ4n) is 3.25. The number of amides is 2. The lowest BCUT2D eigenvalue weighted by Crippen LogP contribution is -2.50. The molecule has 1 atom stereocenters. The van der Waals surface area contributed by atoms with Gasteiger partial charge in [0.25, 0.3) is 0 Å². The molecule has 0 spiro atoms. The Labute approximate surface area is 181 Å². The van der Waals surface area contributed by atoms with Gasteiger partial charge < -0.3 is 14.6 Å². The predicted octanol–water partition coefficient (Wildman–Crippen LogP) is 4.60. The molecular weight excluding hydrogens is 400 g/mol. The van der Waals surface area contributed by atoms with Crippen molar-refractivity contribution in [1.82, 2.24) is 10.2 Å². The highest BCUT2D eigenvalue weighted by Gasteiger charge is 2.29. The Morgan fingerprint density at radius 2 is 1.73 bits per heavy atom. The van der Waals surface area contributed by atoms with Crippen molar-refractivity contribution in [2.24, 2.45) is 0 Å². The first-order valence-corrected chi connectivity index (χ1v) is 10.3. The van der Waals surface area contributed by atoms with E-state index in [1.807, 2.05) is 42.5 Å². The Balaban J connectivity index is 1.85. The van der Waals surface area contributed by atoms with Gasteiger partial charge in [0.2, 0.25) is 11.8 Å². The van der Waals surface area contributed by atoms with Gasteiger partial charge in [0.15, 0.2) is 0 Å². The zero-order chi connectivity index (χ0) is 21.3. The molecule has 0 aliphatic heterocycles. The van der Waals surface area contributed by atoms with Crippen LogP contribution in [0, 0.1) is 0 Å². The summed E-state index contributed by atoms with van der Waals surface area (Å²) in [6.07, 6.45) is 2.30. The molecule has 0 aliphatic carbocycles. The normalized spacial score (nSPS) is 11.7. The van der Waals surface area contributed by atoms with E-state index in [4.69, 9.17) is 16.0 Å². The van der Waals surface area contributed by atoms with Gasteiger partial charge in [0.05, 0.1) is 12.8 Å². The van der Waals surface area contributed by atoms with Crippen molar-refractivity contribution in [3.8, 4) is 0 Å². The van der Waals surface area contributed by atoms with Gasteiger partial charge in [-0.2, -0.15) is 0 Å². The van der Waals surface area contributed by atoms with Crippen molar-refractivity contribution in [3.63, 3.8) is 0 Å². The SMILES string of the molecule is CCC(=O)N(Cc1ccc(Cl)cc1)[C@@H](Cc1ccccc1)C(=O)NCc1ccco1. The molecule has 0 unspecified atom stereocenters. The Morgan fingerprint density at radius 1 is 1.00 bits per heavy atom. The molecule has 0 saturated heterocycles. The van der Waals surface area contributed by atoms with E-state index in [0.717, 1.165) is 11.1 Å². The molecule has 30 heavy (non-hydrogen) atoms. The predicted molar refractivity (Wildman–Crippen MR) is 117 cm³/mol. The summed E-state index contributed by atoms with van der Waals surface area (Å²) in [6.45, 7) is 2.40. The topological polar surface area (TPSA) is 62.6 Å². The van der Waals surface area contributed by atoms with E-state index in [2.05, 4.69) is 5.32 Å².